The van der Waals surface area contributed by atoms with Crippen LogP contribution in [0, 0.1) is 10.1 Å². The highest BCUT2D eigenvalue weighted by atomic mass is 16.6. The van der Waals surface area contributed by atoms with Gasteiger partial charge in [0.2, 0.25) is 0 Å². The Morgan fingerprint density at radius 2 is 2.36 bits per heavy atom. The SMILES string of the molecule is O=[N+]([O-])c1cnn(-c2nonc2O)n1. The molecule has 2 aromatic rings. The molecule has 0 bridgehead atoms. The van der Waals surface area contributed by atoms with Gasteiger partial charge in [0.1, 0.15) is 0 Å². The molecule has 0 unspecified atom stereocenters. The molecule has 0 aliphatic heterocycles. The standard InChI is InChI=1S/C4H2N6O4/c11-4-3(7-14-8-4)9-5-1-2(6-9)10(12)13/h1H,(H,8,11). The quantitative estimate of drug-likeness (QED) is 0.492. The summed E-state index contributed by atoms with van der Waals surface area (Å²) >= 11 is 0. The number of aromatic hydroxyl groups is 1. The van der Waals surface area contributed by atoms with Gasteiger partial charge in [-0.15, -0.1) is 5.10 Å². The van der Waals surface area contributed by atoms with Crippen LogP contribution in [0.3, 0.4) is 0 Å². The van der Waals surface area contributed by atoms with Gasteiger partial charge in [-0.05, 0) is 20.0 Å². The van der Waals surface area contributed by atoms with Crippen molar-refractivity contribution in [2.24, 2.45) is 0 Å². The summed E-state index contributed by atoms with van der Waals surface area (Å²) in [5, 5.41) is 32.4. The van der Waals surface area contributed by atoms with Crippen LogP contribution in [0.1, 0.15) is 0 Å². The lowest BCUT2D eigenvalue weighted by Crippen LogP contribution is -2.00. The van der Waals surface area contributed by atoms with Gasteiger partial charge in [-0.2, -0.15) is 0 Å². The molecule has 0 amide bonds. The van der Waals surface area contributed by atoms with Crippen LogP contribution in [-0.4, -0.2) is 35.3 Å². The van der Waals surface area contributed by atoms with Gasteiger partial charge in [-0.1, -0.05) is 0 Å². The number of hydrogen-bond donors (Lipinski definition) is 1. The minimum atomic E-state index is -0.728. The second-order valence-electron chi connectivity index (χ2n) is 2.16. The van der Waals surface area contributed by atoms with E-state index in [1.54, 1.807) is 0 Å². The van der Waals surface area contributed by atoms with E-state index in [4.69, 9.17) is 5.11 Å². The fourth-order valence-electron chi connectivity index (χ4n) is 0.746. The molecule has 0 atom stereocenters. The zero-order chi connectivity index (χ0) is 10.1. The Kier molecular flexibility index (Phi) is 1.59. The van der Waals surface area contributed by atoms with Crippen molar-refractivity contribution in [3.8, 4) is 11.7 Å². The molecular formula is C4H2N6O4. The Balaban J connectivity index is 2.43. The van der Waals surface area contributed by atoms with Gasteiger partial charge in [0, 0.05) is 0 Å². The first-order valence-electron chi connectivity index (χ1n) is 3.27. The van der Waals surface area contributed by atoms with Crippen molar-refractivity contribution in [1.29, 1.82) is 0 Å². The molecule has 0 aliphatic carbocycles. The van der Waals surface area contributed by atoms with E-state index in [1.165, 1.54) is 0 Å². The summed E-state index contributed by atoms with van der Waals surface area (Å²) in [5.74, 6) is -1.22. The van der Waals surface area contributed by atoms with Crippen molar-refractivity contribution in [1.82, 2.24) is 25.3 Å². The smallest absolute Gasteiger partial charge is 0.410 e. The topological polar surface area (TPSA) is 133 Å². The highest BCUT2D eigenvalue weighted by molar-refractivity contribution is 5.28. The predicted octanol–water partition coefficient (Wildman–Crippen LogP) is -0.736. The second-order valence-corrected chi connectivity index (χ2v) is 2.16. The fraction of sp³-hybridized carbons (Fsp3) is 0. The van der Waals surface area contributed by atoms with Crippen molar-refractivity contribution in [2.45, 2.75) is 0 Å². The molecule has 0 fully saturated rings. The van der Waals surface area contributed by atoms with Crippen molar-refractivity contribution < 1.29 is 14.7 Å². The van der Waals surface area contributed by atoms with Crippen LogP contribution in [0.25, 0.3) is 5.82 Å². The van der Waals surface area contributed by atoms with Crippen LogP contribution < -0.4 is 0 Å². The molecule has 2 rings (SSSR count). The Bertz CT molecular complexity index is 474. The van der Waals surface area contributed by atoms with E-state index in [9.17, 15) is 10.1 Å². The lowest BCUT2D eigenvalue weighted by molar-refractivity contribution is -0.389. The first-order chi connectivity index (χ1) is 6.68. The highest BCUT2D eigenvalue weighted by Crippen LogP contribution is 2.14. The number of nitro groups is 1. The van der Waals surface area contributed by atoms with E-state index in [1.807, 2.05) is 0 Å². The van der Waals surface area contributed by atoms with Gasteiger partial charge >= 0.3 is 17.5 Å². The number of aromatic nitrogens is 5. The molecule has 0 spiro atoms. The van der Waals surface area contributed by atoms with Gasteiger partial charge in [0.05, 0.1) is 5.10 Å². The molecule has 14 heavy (non-hydrogen) atoms. The summed E-state index contributed by atoms with van der Waals surface area (Å²) in [6, 6.07) is 0. The van der Waals surface area contributed by atoms with Gasteiger partial charge in [-0.3, -0.25) is 0 Å². The maximum absolute atomic E-state index is 10.2. The van der Waals surface area contributed by atoms with Crippen molar-refractivity contribution in [2.75, 3.05) is 0 Å². The monoisotopic (exact) mass is 198 g/mol. The Labute approximate surface area is 74.9 Å². The number of rotatable bonds is 2. The molecule has 72 valence electrons. The molecule has 0 saturated carbocycles. The molecule has 0 saturated heterocycles. The van der Waals surface area contributed by atoms with Crippen LogP contribution in [0.2, 0.25) is 0 Å². The van der Waals surface area contributed by atoms with E-state index in [2.05, 4.69) is 25.1 Å². The predicted molar refractivity (Wildman–Crippen MR) is 37.5 cm³/mol. The summed E-state index contributed by atoms with van der Waals surface area (Å²) in [7, 11) is 0. The number of hydrogen-bond acceptors (Lipinski definition) is 8. The third kappa shape index (κ3) is 1.14. The van der Waals surface area contributed by atoms with E-state index in [0.717, 1.165) is 11.0 Å². The van der Waals surface area contributed by atoms with Crippen LogP contribution in [0.4, 0.5) is 5.82 Å². The average Bonchev–Trinajstić information content (AvgIpc) is 2.71. The summed E-state index contributed by atoms with van der Waals surface area (Å²) in [5.41, 5.74) is 0. The molecule has 10 heteroatoms. The Hall–Kier alpha value is -2.52. The van der Waals surface area contributed by atoms with Crippen LogP contribution >= 0.6 is 0 Å². The average molecular weight is 198 g/mol. The third-order valence-electron chi connectivity index (χ3n) is 1.31. The van der Waals surface area contributed by atoms with Gasteiger partial charge < -0.3 is 15.2 Å². The highest BCUT2D eigenvalue weighted by Gasteiger charge is 2.20. The van der Waals surface area contributed by atoms with E-state index in [0.29, 0.717) is 0 Å². The maximum atomic E-state index is 10.2. The minimum absolute atomic E-state index is 0.210. The van der Waals surface area contributed by atoms with Crippen LogP contribution in [-0.2, 0) is 0 Å². The summed E-state index contributed by atoms with van der Waals surface area (Å²) in [6.07, 6.45) is 0.911. The zero-order valence-electron chi connectivity index (χ0n) is 6.43. The zero-order valence-corrected chi connectivity index (χ0v) is 6.43. The normalized spacial score (nSPS) is 10.3. The Morgan fingerprint density at radius 1 is 1.57 bits per heavy atom. The molecule has 10 nitrogen and oxygen atoms in total. The molecule has 2 heterocycles. The van der Waals surface area contributed by atoms with Crippen molar-refractivity contribution in [3.63, 3.8) is 0 Å². The first-order valence-corrected chi connectivity index (χ1v) is 3.27. The fourth-order valence-corrected chi connectivity index (χ4v) is 0.746. The summed E-state index contributed by atoms with van der Waals surface area (Å²) < 4.78 is 4.15. The van der Waals surface area contributed by atoms with Crippen LogP contribution in [0.15, 0.2) is 10.8 Å². The van der Waals surface area contributed by atoms with Crippen LogP contribution in [0.5, 0.6) is 5.88 Å². The lowest BCUT2D eigenvalue weighted by atomic mass is 10.7. The molecule has 2 aromatic heterocycles. The van der Waals surface area contributed by atoms with Crippen molar-refractivity contribution in [3.05, 3.63) is 16.3 Å². The second kappa shape index (κ2) is 2.76. The molecule has 0 radical (unpaired) electrons. The largest absolute Gasteiger partial charge is 0.488 e. The molecule has 1 N–H and O–H groups in total. The molecular weight excluding hydrogens is 196 g/mol. The van der Waals surface area contributed by atoms with E-state index >= 15 is 0 Å². The number of nitrogens with zero attached hydrogens (tertiary/aromatic N) is 6. The summed E-state index contributed by atoms with van der Waals surface area (Å²) in [4.78, 5) is 10.2. The van der Waals surface area contributed by atoms with Gasteiger partial charge in [0.15, 0.2) is 6.20 Å². The Morgan fingerprint density at radius 3 is 2.86 bits per heavy atom. The van der Waals surface area contributed by atoms with Gasteiger partial charge in [-0.25, -0.2) is 4.63 Å². The summed E-state index contributed by atoms with van der Waals surface area (Å²) in [6.45, 7) is 0. The third-order valence-corrected chi connectivity index (χ3v) is 1.31. The lowest BCUT2D eigenvalue weighted by Gasteiger charge is -1.84. The maximum Gasteiger partial charge on any atom is 0.410 e. The molecule has 0 aromatic carbocycles. The van der Waals surface area contributed by atoms with Gasteiger partial charge in [0.25, 0.3) is 0 Å². The van der Waals surface area contributed by atoms with Crippen molar-refractivity contribution >= 4 is 5.82 Å². The minimum Gasteiger partial charge on any atom is -0.488 e. The van der Waals surface area contributed by atoms with E-state index in [-0.39, 0.29) is 5.82 Å². The first kappa shape index (κ1) is 8.10. The molecule has 0 aliphatic rings. The van der Waals surface area contributed by atoms with E-state index < -0.39 is 16.6 Å².